The smallest absolute Gasteiger partial charge is 0.254 e. The van der Waals surface area contributed by atoms with Crippen LogP contribution in [0.25, 0.3) is 0 Å². The molecule has 1 aliphatic rings. The summed E-state index contributed by atoms with van der Waals surface area (Å²) in [5, 5.41) is 5.50. The molecular weight excluding hydrogens is 350 g/mol. The minimum absolute atomic E-state index is 0.115. The van der Waals surface area contributed by atoms with Gasteiger partial charge in [0.2, 0.25) is 5.91 Å². The highest BCUT2D eigenvalue weighted by Crippen LogP contribution is 2.27. The zero-order chi connectivity index (χ0) is 19.2. The van der Waals surface area contributed by atoms with E-state index in [1.807, 2.05) is 12.1 Å². The van der Waals surface area contributed by atoms with Gasteiger partial charge in [-0.3, -0.25) is 9.59 Å². The topological polar surface area (TPSA) is 58.2 Å². The highest BCUT2D eigenvalue weighted by atomic mass is 19.1. The lowest BCUT2D eigenvalue weighted by Crippen LogP contribution is -2.26. The number of fused-ring (bicyclic) bond motifs is 1. The van der Waals surface area contributed by atoms with Crippen molar-refractivity contribution in [1.82, 2.24) is 5.32 Å². The first-order valence-electron chi connectivity index (χ1n) is 9.18. The average molecular weight is 372 g/mol. The number of anilines is 1. The first-order valence-corrected chi connectivity index (χ1v) is 9.18. The Kier molecular flexibility index (Phi) is 6.16. The molecule has 2 aromatic rings. The molecule has 0 unspecified atom stereocenters. The molecule has 0 heterocycles. The molecule has 0 saturated carbocycles. The van der Waals surface area contributed by atoms with Crippen molar-refractivity contribution in [2.24, 2.45) is 0 Å². The zero-order valence-corrected chi connectivity index (χ0v) is 15.0. The maximum Gasteiger partial charge on any atom is 0.254 e. The molecule has 0 aromatic heterocycles. The number of carbonyl (C=O) groups excluding carboxylic acids is 2. The summed E-state index contributed by atoms with van der Waals surface area (Å²) >= 11 is 0. The third-order valence-electron chi connectivity index (χ3n) is 4.71. The number of halogens is 2. The van der Waals surface area contributed by atoms with E-state index in [9.17, 15) is 18.4 Å². The summed E-state index contributed by atoms with van der Waals surface area (Å²) in [4.78, 5) is 24.1. The lowest BCUT2D eigenvalue weighted by Gasteiger charge is -2.19. The molecule has 0 aliphatic heterocycles. The molecule has 1 aliphatic carbocycles. The minimum Gasteiger partial charge on any atom is -0.352 e. The molecule has 0 spiro atoms. The lowest BCUT2D eigenvalue weighted by molar-refractivity contribution is -0.116. The Labute approximate surface area is 157 Å². The van der Waals surface area contributed by atoms with Crippen molar-refractivity contribution in [1.29, 1.82) is 0 Å². The Morgan fingerprint density at radius 3 is 2.67 bits per heavy atom. The largest absolute Gasteiger partial charge is 0.352 e. The van der Waals surface area contributed by atoms with E-state index in [-0.39, 0.29) is 24.4 Å². The second-order valence-corrected chi connectivity index (χ2v) is 6.68. The summed E-state index contributed by atoms with van der Waals surface area (Å²) in [5.74, 6) is -2.37. The van der Waals surface area contributed by atoms with E-state index in [1.54, 1.807) is 0 Å². The molecule has 142 valence electrons. The number of rotatable bonds is 6. The maximum atomic E-state index is 13.6. The molecule has 2 aromatic carbocycles. The Morgan fingerprint density at radius 1 is 1.04 bits per heavy atom. The molecule has 6 heteroatoms. The predicted molar refractivity (Wildman–Crippen MR) is 99.6 cm³/mol. The maximum absolute atomic E-state index is 13.6. The molecule has 4 nitrogen and oxygen atoms in total. The van der Waals surface area contributed by atoms with Crippen molar-refractivity contribution in [3.05, 3.63) is 64.7 Å². The average Bonchev–Trinajstić information content (AvgIpc) is 2.65. The van der Waals surface area contributed by atoms with Crippen LogP contribution in [0.1, 0.15) is 47.2 Å². The van der Waals surface area contributed by atoms with Crippen molar-refractivity contribution < 1.29 is 18.4 Å². The van der Waals surface area contributed by atoms with Crippen LogP contribution in [-0.4, -0.2) is 18.4 Å². The monoisotopic (exact) mass is 372 g/mol. The van der Waals surface area contributed by atoms with E-state index in [2.05, 4.69) is 16.7 Å². The normalized spacial score (nSPS) is 13.0. The number of carbonyl (C=O) groups is 2. The van der Waals surface area contributed by atoms with Crippen LogP contribution in [0.2, 0.25) is 0 Å². The standard InChI is InChI=1S/C21H22F2N2O2/c22-15-10-11-17(18(23)13-15)21(27)24-12-4-9-20(26)25-19-8-3-6-14-5-1-2-7-16(14)19/h3,6,8,10-11,13H,1-2,4-5,7,9,12H2,(H,24,27)(H,25,26). The first-order chi connectivity index (χ1) is 13.0. The van der Waals surface area contributed by atoms with Crippen molar-refractivity contribution >= 4 is 17.5 Å². The lowest BCUT2D eigenvalue weighted by atomic mass is 9.90. The summed E-state index contributed by atoms with van der Waals surface area (Å²) in [7, 11) is 0. The number of nitrogens with one attached hydrogen (secondary N) is 2. The number of aryl methyl sites for hydroxylation is 1. The minimum atomic E-state index is -0.904. The number of hydrogen-bond donors (Lipinski definition) is 2. The van der Waals surface area contributed by atoms with Crippen LogP contribution in [0.3, 0.4) is 0 Å². The molecule has 2 N–H and O–H groups in total. The SMILES string of the molecule is O=C(CCCNC(=O)c1ccc(F)cc1F)Nc1cccc2c1CCCC2. The van der Waals surface area contributed by atoms with Crippen LogP contribution in [0, 0.1) is 11.6 Å². The van der Waals surface area contributed by atoms with Crippen molar-refractivity contribution in [3.8, 4) is 0 Å². The molecule has 3 rings (SSSR count). The Hall–Kier alpha value is -2.76. The third-order valence-corrected chi connectivity index (χ3v) is 4.71. The van der Waals surface area contributed by atoms with Crippen LogP contribution < -0.4 is 10.6 Å². The molecule has 2 amide bonds. The van der Waals surface area contributed by atoms with Gasteiger partial charge in [-0.15, -0.1) is 0 Å². The summed E-state index contributed by atoms with van der Waals surface area (Å²) in [6, 6.07) is 8.78. The summed E-state index contributed by atoms with van der Waals surface area (Å²) in [6.45, 7) is 0.232. The Morgan fingerprint density at radius 2 is 1.85 bits per heavy atom. The van der Waals surface area contributed by atoms with E-state index in [0.717, 1.165) is 37.1 Å². The molecular formula is C21H22F2N2O2. The summed E-state index contributed by atoms with van der Waals surface area (Å²) in [6.07, 6.45) is 5.01. The fourth-order valence-corrected chi connectivity index (χ4v) is 3.33. The fraction of sp³-hybridized carbons (Fsp3) is 0.333. The van der Waals surface area contributed by atoms with Gasteiger partial charge < -0.3 is 10.6 Å². The first kappa shape index (κ1) is 19.0. The Bertz CT molecular complexity index is 852. The van der Waals surface area contributed by atoms with Crippen LogP contribution >= 0.6 is 0 Å². The van der Waals surface area contributed by atoms with Crippen LogP contribution in [-0.2, 0) is 17.6 Å². The van der Waals surface area contributed by atoms with E-state index < -0.39 is 17.5 Å². The quantitative estimate of drug-likeness (QED) is 0.753. The number of amides is 2. The predicted octanol–water partition coefficient (Wildman–Crippen LogP) is 3.99. The molecule has 27 heavy (non-hydrogen) atoms. The summed E-state index contributed by atoms with van der Waals surface area (Å²) < 4.78 is 26.4. The van der Waals surface area contributed by atoms with Gasteiger partial charge in [-0.25, -0.2) is 8.78 Å². The van der Waals surface area contributed by atoms with Gasteiger partial charge in [0.1, 0.15) is 11.6 Å². The van der Waals surface area contributed by atoms with Crippen LogP contribution in [0.4, 0.5) is 14.5 Å². The Balaban J connectivity index is 1.46. The van der Waals surface area contributed by atoms with Gasteiger partial charge >= 0.3 is 0 Å². The van der Waals surface area contributed by atoms with Gasteiger partial charge in [0, 0.05) is 24.7 Å². The molecule has 0 bridgehead atoms. The number of hydrogen-bond acceptors (Lipinski definition) is 2. The molecule has 0 atom stereocenters. The van der Waals surface area contributed by atoms with E-state index >= 15 is 0 Å². The van der Waals surface area contributed by atoms with Gasteiger partial charge in [-0.1, -0.05) is 12.1 Å². The third kappa shape index (κ3) is 4.90. The summed E-state index contributed by atoms with van der Waals surface area (Å²) in [5.41, 5.74) is 3.18. The fourth-order valence-electron chi connectivity index (χ4n) is 3.33. The molecule has 0 fully saturated rings. The highest BCUT2D eigenvalue weighted by Gasteiger charge is 2.15. The van der Waals surface area contributed by atoms with E-state index in [0.29, 0.717) is 12.5 Å². The number of benzene rings is 2. The van der Waals surface area contributed by atoms with E-state index in [4.69, 9.17) is 0 Å². The second kappa shape index (κ2) is 8.75. The van der Waals surface area contributed by atoms with Crippen LogP contribution in [0.5, 0.6) is 0 Å². The highest BCUT2D eigenvalue weighted by molar-refractivity contribution is 5.94. The molecule has 0 radical (unpaired) electrons. The van der Waals surface area contributed by atoms with Gasteiger partial charge in [0.05, 0.1) is 5.56 Å². The van der Waals surface area contributed by atoms with Crippen molar-refractivity contribution in [3.63, 3.8) is 0 Å². The van der Waals surface area contributed by atoms with E-state index in [1.165, 1.54) is 17.5 Å². The second-order valence-electron chi connectivity index (χ2n) is 6.68. The molecule has 0 saturated heterocycles. The van der Waals surface area contributed by atoms with Gasteiger partial charge in [-0.05, 0) is 61.4 Å². The van der Waals surface area contributed by atoms with Crippen molar-refractivity contribution in [2.45, 2.75) is 38.5 Å². The van der Waals surface area contributed by atoms with Gasteiger partial charge in [0.25, 0.3) is 5.91 Å². The van der Waals surface area contributed by atoms with Crippen LogP contribution in [0.15, 0.2) is 36.4 Å². The van der Waals surface area contributed by atoms with Gasteiger partial charge in [-0.2, -0.15) is 0 Å². The van der Waals surface area contributed by atoms with Crippen molar-refractivity contribution in [2.75, 3.05) is 11.9 Å². The van der Waals surface area contributed by atoms with Gasteiger partial charge in [0.15, 0.2) is 0 Å². The zero-order valence-electron chi connectivity index (χ0n) is 15.0.